The fourth-order valence-corrected chi connectivity index (χ4v) is 18.8. The van der Waals surface area contributed by atoms with E-state index >= 15 is 0 Å². The van der Waals surface area contributed by atoms with E-state index in [9.17, 15) is 0 Å². The van der Waals surface area contributed by atoms with Crippen molar-refractivity contribution in [2.75, 3.05) is 0 Å². The van der Waals surface area contributed by atoms with Crippen LogP contribution in [0.15, 0.2) is 332 Å². The molecule has 456 valence electrons. The van der Waals surface area contributed by atoms with E-state index in [0.717, 1.165) is 10.9 Å². The first-order chi connectivity index (χ1) is 49.1. The fraction of sp³-hybridized carbons (Fsp3) is 0.0103. The second kappa shape index (κ2) is 20.9. The lowest BCUT2D eigenvalue weighted by Crippen LogP contribution is -1.96. The Bertz CT molecular complexity index is 7140. The quantitative estimate of drug-likeness (QED) is 0.144. The molecule has 99 heavy (non-hydrogen) atoms. The van der Waals surface area contributed by atoms with Crippen LogP contribution in [0.4, 0.5) is 0 Å². The highest BCUT2D eigenvalue weighted by Crippen LogP contribution is 2.57. The molecule has 1 heterocycles. The summed E-state index contributed by atoms with van der Waals surface area (Å²) in [5.41, 5.74) is 20.4. The summed E-state index contributed by atoms with van der Waals surface area (Å²) >= 11 is 3.58. The first kappa shape index (κ1) is 55.0. The van der Waals surface area contributed by atoms with Gasteiger partial charge in [0.25, 0.3) is 0 Å². The molecule has 0 unspecified atom stereocenters. The third-order valence-electron chi connectivity index (χ3n) is 22.4. The van der Waals surface area contributed by atoms with E-state index in [4.69, 9.17) is 0 Å². The second-order valence-electron chi connectivity index (χ2n) is 27.2. The van der Waals surface area contributed by atoms with Crippen molar-refractivity contribution in [2.45, 2.75) is 6.42 Å². The molecule has 0 saturated heterocycles. The Morgan fingerprint density at radius 1 is 0.192 bits per heavy atom. The zero-order chi connectivity index (χ0) is 64.7. The highest BCUT2D eigenvalue weighted by molar-refractivity contribution is 9.10. The monoisotopic (exact) mass is 1310 g/mol. The van der Waals surface area contributed by atoms with E-state index in [2.05, 4.69) is 348 Å². The van der Waals surface area contributed by atoms with E-state index in [1.165, 1.54) is 224 Å². The number of halogens is 1. The van der Waals surface area contributed by atoms with Crippen LogP contribution < -0.4 is 0 Å². The van der Waals surface area contributed by atoms with Crippen LogP contribution in [-0.4, -0.2) is 4.57 Å². The van der Waals surface area contributed by atoms with Gasteiger partial charge in [0, 0.05) is 31.7 Å². The van der Waals surface area contributed by atoms with Crippen molar-refractivity contribution in [3.8, 4) is 61.3 Å². The first-order valence-electron chi connectivity index (χ1n) is 34.5. The molecule has 0 fully saturated rings. The molecule has 3 aliphatic rings. The molecule has 24 rings (SSSR count). The lowest BCUT2D eigenvalue weighted by Gasteiger charge is -2.16. The molecule has 0 saturated carbocycles. The predicted molar refractivity (Wildman–Crippen MR) is 429 cm³/mol. The van der Waals surface area contributed by atoms with Gasteiger partial charge < -0.3 is 4.57 Å². The number of nitrogens with zero attached hydrogens (tertiary/aromatic N) is 1. The standard InChI is InChI=1S/C48H27N.C31H18.C18H11Br/c1-2-14-31-29(12-1)30-13-3-5-18-35(30)42-26-28(24-25-37(31)42)49-47-41-23-11-22-38-33-16-4-6-19-36(33)43(45(38)41)27-44(47)46-39-20-9-7-15-32(39)34-17-8-10-21-40(34)48(46)49;1-3-11-21-18(8-1)19-9-5-6-13-23(19)31-27(21)16-26-25-15-7-14-24-20-10-2-4-12-22(20)28(30(24)25)17-29(26)31;19-12-9-10-17-15-7-2-1-5-13(15)14-6-3-4-8-16(14)18(17)11-12/h1-27H;1-15,17H,16H2;1-11H. The highest BCUT2D eigenvalue weighted by atomic mass is 79.9. The molecule has 20 aromatic carbocycles. The third kappa shape index (κ3) is 7.70. The van der Waals surface area contributed by atoms with Crippen LogP contribution in [0.1, 0.15) is 11.1 Å². The summed E-state index contributed by atoms with van der Waals surface area (Å²) in [6.45, 7) is 0. The summed E-state index contributed by atoms with van der Waals surface area (Å²) in [5, 5.41) is 34.5. The van der Waals surface area contributed by atoms with Gasteiger partial charge in [0.2, 0.25) is 0 Å². The van der Waals surface area contributed by atoms with Gasteiger partial charge in [-0.15, -0.1) is 0 Å². The number of aromatic nitrogens is 1. The molecule has 0 radical (unpaired) electrons. The number of rotatable bonds is 1. The summed E-state index contributed by atoms with van der Waals surface area (Å²) in [6.07, 6.45) is 1.01. The predicted octanol–water partition coefficient (Wildman–Crippen LogP) is 27.6. The van der Waals surface area contributed by atoms with Crippen LogP contribution >= 0.6 is 15.9 Å². The fourth-order valence-electron chi connectivity index (χ4n) is 18.4. The molecule has 0 N–H and O–H groups in total. The van der Waals surface area contributed by atoms with Crippen molar-refractivity contribution in [3.63, 3.8) is 0 Å². The summed E-state index contributed by atoms with van der Waals surface area (Å²) in [5.74, 6) is 0. The molecule has 1 aromatic heterocycles. The Balaban J connectivity index is 0.000000106. The minimum atomic E-state index is 1.01. The highest BCUT2D eigenvalue weighted by Gasteiger charge is 2.32. The molecule has 0 spiro atoms. The van der Waals surface area contributed by atoms with Gasteiger partial charge in [-0.25, -0.2) is 0 Å². The van der Waals surface area contributed by atoms with Crippen molar-refractivity contribution >= 4 is 167 Å². The SMILES string of the molecule is Brc1ccc2c3ccccc3c3ccccc3c2c1.c1ccc2c(c1)-c1cccc3c1c-2cc1c2c4ccccc4c4ccccc4c2n(-c2ccc4c5ccccc5c5ccccc5c4c2)c31.c1ccc2c(c1)-c1cccc3c4c(cc-2c13)-c1c(c2ccccc2c2ccccc12)C4. The number of benzene rings is 20. The lowest BCUT2D eigenvalue weighted by molar-refractivity contribution is 1.20. The number of fused-ring (bicyclic) bond motifs is 36. The van der Waals surface area contributed by atoms with Gasteiger partial charge in [-0.2, -0.15) is 0 Å². The Morgan fingerprint density at radius 2 is 0.545 bits per heavy atom. The molecule has 0 bridgehead atoms. The number of hydrogen-bond donors (Lipinski definition) is 0. The maximum absolute atomic E-state index is 3.58. The summed E-state index contributed by atoms with van der Waals surface area (Å²) in [6, 6.07) is 121. The maximum Gasteiger partial charge on any atom is 0.0626 e. The van der Waals surface area contributed by atoms with Gasteiger partial charge in [0.1, 0.15) is 0 Å². The van der Waals surface area contributed by atoms with Gasteiger partial charge in [-0.3, -0.25) is 0 Å². The van der Waals surface area contributed by atoms with Crippen molar-refractivity contribution < 1.29 is 0 Å². The van der Waals surface area contributed by atoms with E-state index in [1.807, 2.05) is 0 Å². The molecule has 1 nitrogen and oxygen atoms in total. The van der Waals surface area contributed by atoms with Crippen LogP contribution in [0, 0.1) is 0 Å². The van der Waals surface area contributed by atoms with Crippen LogP contribution in [0.5, 0.6) is 0 Å². The van der Waals surface area contributed by atoms with E-state index in [0.29, 0.717) is 0 Å². The molecule has 2 heteroatoms. The lowest BCUT2D eigenvalue weighted by atomic mass is 9.90. The summed E-state index contributed by atoms with van der Waals surface area (Å²) < 4.78 is 3.72. The minimum absolute atomic E-state index is 1.01. The average Bonchev–Trinajstić information content (AvgIpc) is 1.54. The van der Waals surface area contributed by atoms with Gasteiger partial charge in [0.15, 0.2) is 0 Å². The number of hydrogen-bond acceptors (Lipinski definition) is 0. The van der Waals surface area contributed by atoms with E-state index in [-0.39, 0.29) is 0 Å². The molecular weight excluding hydrogens is 1260 g/mol. The van der Waals surface area contributed by atoms with E-state index in [1.54, 1.807) is 0 Å². The van der Waals surface area contributed by atoms with Crippen LogP contribution in [0.2, 0.25) is 0 Å². The largest absolute Gasteiger partial charge is 0.308 e. The van der Waals surface area contributed by atoms with Crippen molar-refractivity contribution in [1.82, 2.24) is 4.57 Å². The van der Waals surface area contributed by atoms with Gasteiger partial charge in [0.05, 0.1) is 11.0 Å². The normalized spacial score (nSPS) is 12.5. The van der Waals surface area contributed by atoms with Crippen molar-refractivity contribution in [3.05, 3.63) is 343 Å². The van der Waals surface area contributed by atoms with E-state index < -0.39 is 0 Å². The molecule has 0 amide bonds. The van der Waals surface area contributed by atoms with Gasteiger partial charge in [-0.05, 0) is 228 Å². The van der Waals surface area contributed by atoms with Crippen molar-refractivity contribution in [1.29, 1.82) is 0 Å². The Labute approximate surface area is 578 Å². The zero-order valence-corrected chi connectivity index (χ0v) is 55.3. The molecular formula is C97H56BrN. The molecule has 3 aliphatic carbocycles. The van der Waals surface area contributed by atoms with Crippen LogP contribution in [0.25, 0.3) is 212 Å². The smallest absolute Gasteiger partial charge is 0.0626 e. The van der Waals surface area contributed by atoms with Gasteiger partial charge >= 0.3 is 0 Å². The zero-order valence-electron chi connectivity index (χ0n) is 53.7. The molecule has 0 atom stereocenters. The van der Waals surface area contributed by atoms with Crippen LogP contribution in [-0.2, 0) is 6.42 Å². The first-order valence-corrected chi connectivity index (χ1v) is 35.3. The second-order valence-corrected chi connectivity index (χ2v) is 28.1. The molecule has 0 aliphatic heterocycles. The van der Waals surface area contributed by atoms with Crippen molar-refractivity contribution in [2.24, 2.45) is 0 Å². The third-order valence-corrected chi connectivity index (χ3v) is 22.9. The summed E-state index contributed by atoms with van der Waals surface area (Å²) in [7, 11) is 0. The molecule has 21 aromatic rings. The van der Waals surface area contributed by atoms with Gasteiger partial charge in [-0.1, -0.05) is 307 Å². The summed E-state index contributed by atoms with van der Waals surface area (Å²) in [4.78, 5) is 0. The minimum Gasteiger partial charge on any atom is -0.308 e. The topological polar surface area (TPSA) is 4.93 Å². The maximum atomic E-state index is 3.58. The Kier molecular flexibility index (Phi) is 11.6. The average molecular weight is 1320 g/mol. The Morgan fingerprint density at radius 3 is 1.09 bits per heavy atom. The Hall–Kier alpha value is -12.2. The van der Waals surface area contributed by atoms with Crippen LogP contribution in [0.3, 0.4) is 0 Å².